The van der Waals surface area contributed by atoms with Gasteiger partial charge in [-0.15, -0.1) is 11.3 Å². The molecule has 1 aliphatic rings. The van der Waals surface area contributed by atoms with Crippen molar-refractivity contribution in [1.29, 1.82) is 0 Å². The van der Waals surface area contributed by atoms with Crippen LogP contribution in [0.5, 0.6) is 0 Å². The normalized spacial score (nSPS) is 15.2. The lowest BCUT2D eigenvalue weighted by Crippen LogP contribution is -2.44. The molecule has 0 radical (unpaired) electrons. The molecule has 1 aliphatic heterocycles. The van der Waals surface area contributed by atoms with E-state index in [2.05, 4.69) is 52.2 Å². The fraction of sp³-hybridized carbons (Fsp3) is 0.227. The van der Waals surface area contributed by atoms with E-state index in [1.807, 2.05) is 24.3 Å². The Labute approximate surface area is 168 Å². The number of likely N-dealkylation sites (N-methyl/N-ethyl adjacent to an activating group) is 1. The lowest BCUT2D eigenvalue weighted by atomic mass is 10.2. The molecule has 0 amide bonds. The number of pyridine rings is 1. The molecule has 5 rings (SSSR count). The van der Waals surface area contributed by atoms with E-state index in [-0.39, 0.29) is 0 Å². The topological polar surface area (TPSA) is 45.2 Å². The van der Waals surface area contributed by atoms with Crippen molar-refractivity contribution in [2.24, 2.45) is 0 Å². The van der Waals surface area contributed by atoms with E-state index in [9.17, 15) is 0 Å². The van der Waals surface area contributed by atoms with Gasteiger partial charge in [0.15, 0.2) is 5.82 Å². The Hall–Kier alpha value is -2.83. The highest BCUT2D eigenvalue weighted by Gasteiger charge is 2.21. The SMILES string of the molecule is CN1CCN(c2nc(-c3ccccn3)nc3sc(-c4ccccc4)cc23)CC1. The molecule has 0 unspecified atom stereocenters. The quantitative estimate of drug-likeness (QED) is 0.528. The average Bonchev–Trinajstić information content (AvgIpc) is 3.19. The van der Waals surface area contributed by atoms with E-state index < -0.39 is 0 Å². The first-order valence-corrected chi connectivity index (χ1v) is 10.3. The van der Waals surface area contributed by atoms with E-state index in [0.29, 0.717) is 5.82 Å². The molecule has 5 nitrogen and oxygen atoms in total. The number of benzene rings is 1. The zero-order chi connectivity index (χ0) is 18.9. The molecule has 3 aromatic heterocycles. The smallest absolute Gasteiger partial charge is 0.181 e. The van der Waals surface area contributed by atoms with Gasteiger partial charge in [-0.1, -0.05) is 36.4 Å². The molecule has 6 heteroatoms. The van der Waals surface area contributed by atoms with Crippen molar-refractivity contribution >= 4 is 27.4 Å². The Bertz CT molecular complexity index is 1090. The Balaban J connectivity index is 1.67. The summed E-state index contributed by atoms with van der Waals surface area (Å²) in [5.41, 5.74) is 2.03. The molecule has 28 heavy (non-hydrogen) atoms. The van der Waals surface area contributed by atoms with E-state index in [1.54, 1.807) is 17.5 Å². The van der Waals surface area contributed by atoms with Gasteiger partial charge in [0.2, 0.25) is 0 Å². The number of hydrogen-bond acceptors (Lipinski definition) is 6. The molecule has 0 aliphatic carbocycles. The van der Waals surface area contributed by atoms with Crippen molar-refractivity contribution in [2.75, 3.05) is 38.1 Å². The van der Waals surface area contributed by atoms with Crippen molar-refractivity contribution in [1.82, 2.24) is 19.9 Å². The number of rotatable bonds is 3. The summed E-state index contributed by atoms with van der Waals surface area (Å²) in [6, 6.07) is 18.6. The van der Waals surface area contributed by atoms with Crippen molar-refractivity contribution in [3.8, 4) is 22.0 Å². The lowest BCUT2D eigenvalue weighted by Gasteiger charge is -2.33. The summed E-state index contributed by atoms with van der Waals surface area (Å²) < 4.78 is 0. The fourth-order valence-corrected chi connectivity index (χ4v) is 4.55. The predicted molar refractivity (Wildman–Crippen MR) is 116 cm³/mol. The largest absolute Gasteiger partial charge is 0.353 e. The molecule has 0 bridgehead atoms. The minimum absolute atomic E-state index is 0.698. The first-order valence-electron chi connectivity index (χ1n) is 9.50. The van der Waals surface area contributed by atoms with Crippen LogP contribution in [0.3, 0.4) is 0 Å². The van der Waals surface area contributed by atoms with Crippen LogP contribution in [-0.2, 0) is 0 Å². The lowest BCUT2D eigenvalue weighted by molar-refractivity contribution is 0.312. The van der Waals surface area contributed by atoms with Gasteiger partial charge in [0, 0.05) is 37.3 Å². The minimum Gasteiger partial charge on any atom is -0.353 e. The fourth-order valence-electron chi connectivity index (χ4n) is 3.52. The number of fused-ring (bicyclic) bond motifs is 1. The van der Waals surface area contributed by atoms with Gasteiger partial charge < -0.3 is 9.80 Å². The van der Waals surface area contributed by atoms with Gasteiger partial charge >= 0.3 is 0 Å². The molecular formula is C22H21N5S. The van der Waals surface area contributed by atoms with Gasteiger partial charge in [-0.05, 0) is 30.8 Å². The standard InChI is InChI=1S/C22H21N5S/c1-26-11-13-27(14-12-26)21-17-15-19(16-7-3-2-4-8-16)28-22(17)25-20(24-21)18-9-5-6-10-23-18/h2-10,15H,11-14H2,1H3. The number of anilines is 1. The average molecular weight is 388 g/mol. The van der Waals surface area contributed by atoms with Crippen molar-refractivity contribution in [3.63, 3.8) is 0 Å². The monoisotopic (exact) mass is 387 g/mol. The van der Waals surface area contributed by atoms with Gasteiger partial charge in [0.1, 0.15) is 16.3 Å². The zero-order valence-electron chi connectivity index (χ0n) is 15.7. The van der Waals surface area contributed by atoms with Crippen LogP contribution in [-0.4, -0.2) is 53.1 Å². The van der Waals surface area contributed by atoms with Gasteiger partial charge in [-0.3, -0.25) is 4.98 Å². The first kappa shape index (κ1) is 17.3. The number of nitrogens with zero attached hydrogens (tertiary/aromatic N) is 5. The van der Waals surface area contributed by atoms with Crippen LogP contribution >= 0.6 is 11.3 Å². The van der Waals surface area contributed by atoms with Crippen LogP contribution < -0.4 is 4.90 Å². The van der Waals surface area contributed by atoms with E-state index in [4.69, 9.17) is 9.97 Å². The van der Waals surface area contributed by atoms with Crippen LogP contribution in [0.25, 0.3) is 32.2 Å². The third kappa shape index (κ3) is 3.25. The number of hydrogen-bond donors (Lipinski definition) is 0. The minimum atomic E-state index is 0.698. The van der Waals surface area contributed by atoms with E-state index in [0.717, 1.165) is 47.9 Å². The van der Waals surface area contributed by atoms with Crippen LogP contribution in [0, 0.1) is 0 Å². The van der Waals surface area contributed by atoms with Gasteiger partial charge in [-0.2, -0.15) is 0 Å². The molecule has 0 spiro atoms. The zero-order valence-corrected chi connectivity index (χ0v) is 16.6. The summed E-state index contributed by atoms with van der Waals surface area (Å²) in [5, 5.41) is 1.13. The summed E-state index contributed by atoms with van der Waals surface area (Å²) in [4.78, 5) is 21.3. The molecule has 1 fully saturated rings. The Morgan fingerprint density at radius 2 is 1.68 bits per heavy atom. The molecule has 0 N–H and O–H groups in total. The molecule has 0 saturated carbocycles. The summed E-state index contributed by atoms with van der Waals surface area (Å²) in [6.45, 7) is 4.03. The molecule has 1 saturated heterocycles. The molecule has 140 valence electrons. The predicted octanol–water partition coefficient (Wildman–Crippen LogP) is 4.17. The number of aromatic nitrogens is 3. The van der Waals surface area contributed by atoms with Crippen LogP contribution in [0.2, 0.25) is 0 Å². The van der Waals surface area contributed by atoms with Crippen LogP contribution in [0.4, 0.5) is 5.82 Å². The highest BCUT2D eigenvalue weighted by atomic mass is 32.1. The Morgan fingerprint density at radius 1 is 0.893 bits per heavy atom. The molecule has 4 heterocycles. The van der Waals surface area contributed by atoms with Gasteiger partial charge in [0.25, 0.3) is 0 Å². The second-order valence-corrected chi connectivity index (χ2v) is 8.10. The molecule has 1 aromatic carbocycles. The van der Waals surface area contributed by atoms with E-state index in [1.165, 1.54) is 10.4 Å². The summed E-state index contributed by atoms with van der Waals surface area (Å²) in [5.74, 6) is 1.72. The van der Waals surface area contributed by atoms with Crippen LogP contribution in [0.15, 0.2) is 60.8 Å². The summed E-state index contributed by atoms with van der Waals surface area (Å²) >= 11 is 1.72. The van der Waals surface area contributed by atoms with Crippen LogP contribution in [0.1, 0.15) is 0 Å². The number of piperazine rings is 1. The van der Waals surface area contributed by atoms with Crippen molar-refractivity contribution in [2.45, 2.75) is 0 Å². The Kier molecular flexibility index (Phi) is 4.50. The highest BCUT2D eigenvalue weighted by molar-refractivity contribution is 7.22. The van der Waals surface area contributed by atoms with Gasteiger partial charge in [-0.25, -0.2) is 9.97 Å². The van der Waals surface area contributed by atoms with Crippen molar-refractivity contribution in [3.05, 3.63) is 60.8 Å². The second-order valence-electron chi connectivity index (χ2n) is 7.07. The third-order valence-corrected chi connectivity index (χ3v) is 6.21. The second kappa shape index (κ2) is 7.30. The third-order valence-electron chi connectivity index (χ3n) is 5.13. The van der Waals surface area contributed by atoms with E-state index >= 15 is 0 Å². The molecular weight excluding hydrogens is 366 g/mol. The van der Waals surface area contributed by atoms with Crippen molar-refractivity contribution < 1.29 is 0 Å². The molecule has 0 atom stereocenters. The molecule has 4 aromatic rings. The maximum Gasteiger partial charge on any atom is 0.181 e. The Morgan fingerprint density at radius 3 is 2.43 bits per heavy atom. The van der Waals surface area contributed by atoms with Gasteiger partial charge in [0.05, 0.1) is 5.39 Å². The maximum absolute atomic E-state index is 4.97. The summed E-state index contributed by atoms with van der Waals surface area (Å²) in [7, 11) is 2.17. The maximum atomic E-state index is 4.97. The highest BCUT2D eigenvalue weighted by Crippen LogP contribution is 2.37. The first-order chi connectivity index (χ1) is 13.8. The number of thiophene rings is 1. The summed E-state index contributed by atoms with van der Waals surface area (Å²) in [6.07, 6.45) is 1.79.